The van der Waals surface area contributed by atoms with Crippen LogP contribution in [-0.2, 0) is 9.59 Å². The average Bonchev–Trinajstić information content (AvgIpc) is 3.06. The molecule has 0 bridgehead atoms. The summed E-state index contributed by atoms with van der Waals surface area (Å²) in [7, 11) is 0. The number of amides is 1. The fraction of sp³-hybridized carbons (Fsp3) is 0.895. The molecule has 1 N–H and O–H groups in total. The second kappa shape index (κ2) is 8.32. The topological polar surface area (TPSA) is 60.9 Å². The van der Waals surface area contributed by atoms with Crippen molar-refractivity contribution in [1.82, 2.24) is 9.80 Å². The van der Waals surface area contributed by atoms with Gasteiger partial charge in [-0.25, -0.2) is 0 Å². The van der Waals surface area contributed by atoms with E-state index in [0.29, 0.717) is 31.6 Å². The number of carboxylic acid groups (broad SMARTS) is 1. The van der Waals surface area contributed by atoms with Gasteiger partial charge >= 0.3 is 5.97 Å². The molecular formula is C19H32N2O3. The Morgan fingerprint density at radius 3 is 1.88 bits per heavy atom. The van der Waals surface area contributed by atoms with Crippen LogP contribution >= 0.6 is 0 Å². The molecule has 5 heteroatoms. The van der Waals surface area contributed by atoms with Gasteiger partial charge in [-0.15, -0.1) is 0 Å². The molecule has 1 aliphatic heterocycles. The number of rotatable bonds is 5. The highest BCUT2D eigenvalue weighted by Crippen LogP contribution is 2.30. The van der Waals surface area contributed by atoms with Crippen molar-refractivity contribution in [3.63, 3.8) is 0 Å². The molecule has 1 heterocycles. The van der Waals surface area contributed by atoms with Gasteiger partial charge in [-0.1, -0.05) is 38.5 Å². The van der Waals surface area contributed by atoms with Crippen molar-refractivity contribution in [2.45, 2.75) is 82.7 Å². The molecule has 5 nitrogen and oxygen atoms in total. The van der Waals surface area contributed by atoms with E-state index in [4.69, 9.17) is 5.11 Å². The molecule has 3 rings (SSSR count). The molecule has 1 amide bonds. The first kappa shape index (κ1) is 17.7. The van der Waals surface area contributed by atoms with E-state index >= 15 is 0 Å². The zero-order valence-electron chi connectivity index (χ0n) is 14.8. The summed E-state index contributed by atoms with van der Waals surface area (Å²) in [5.41, 5.74) is 0. The SMILES string of the molecule is O=C(O)C1CCN(CC(=O)N(C2CCCCC2)C2CCCCC2)C1. The summed E-state index contributed by atoms with van der Waals surface area (Å²) in [5.74, 6) is -0.767. The van der Waals surface area contributed by atoms with Crippen molar-refractivity contribution >= 4 is 11.9 Å². The van der Waals surface area contributed by atoms with Gasteiger partial charge in [-0.2, -0.15) is 0 Å². The molecule has 1 saturated heterocycles. The highest BCUT2D eigenvalue weighted by atomic mass is 16.4. The molecule has 3 fully saturated rings. The number of carbonyl (C=O) groups is 2. The lowest BCUT2D eigenvalue weighted by molar-refractivity contribution is -0.142. The molecule has 0 radical (unpaired) electrons. The Hall–Kier alpha value is -1.10. The molecule has 0 aromatic carbocycles. The lowest BCUT2D eigenvalue weighted by Gasteiger charge is -2.42. The Morgan fingerprint density at radius 2 is 1.42 bits per heavy atom. The normalized spacial score (nSPS) is 27.2. The number of carbonyl (C=O) groups excluding carboxylic acids is 1. The summed E-state index contributed by atoms with van der Waals surface area (Å²) in [6.45, 7) is 1.69. The Kier molecular flexibility index (Phi) is 6.14. The summed E-state index contributed by atoms with van der Waals surface area (Å²) >= 11 is 0. The molecule has 3 aliphatic rings. The average molecular weight is 336 g/mol. The molecule has 0 spiro atoms. The number of hydrogen-bond acceptors (Lipinski definition) is 3. The van der Waals surface area contributed by atoms with E-state index in [1.807, 2.05) is 0 Å². The van der Waals surface area contributed by atoms with Gasteiger partial charge in [-0.05, 0) is 38.6 Å². The predicted octanol–water partition coefficient (Wildman–Crippen LogP) is 2.89. The number of nitrogens with zero attached hydrogens (tertiary/aromatic N) is 2. The van der Waals surface area contributed by atoms with Crippen LogP contribution in [0.3, 0.4) is 0 Å². The second-order valence-corrected chi connectivity index (χ2v) is 7.94. The largest absolute Gasteiger partial charge is 0.481 e. The molecule has 0 aromatic rings. The standard InChI is InChI=1S/C19H32N2O3/c22-18(14-20-12-11-15(13-20)19(23)24)21(16-7-3-1-4-8-16)17-9-5-2-6-10-17/h15-17H,1-14H2,(H,23,24). The number of aliphatic carboxylic acids is 1. The minimum absolute atomic E-state index is 0.250. The molecule has 2 aliphatic carbocycles. The fourth-order valence-electron chi connectivity index (χ4n) is 4.87. The minimum Gasteiger partial charge on any atom is -0.481 e. The second-order valence-electron chi connectivity index (χ2n) is 7.94. The van der Waals surface area contributed by atoms with Gasteiger partial charge in [0.05, 0.1) is 12.5 Å². The minimum atomic E-state index is -0.721. The van der Waals surface area contributed by atoms with Crippen LogP contribution in [-0.4, -0.2) is 58.5 Å². The Morgan fingerprint density at radius 1 is 0.875 bits per heavy atom. The van der Waals surface area contributed by atoms with E-state index in [9.17, 15) is 9.59 Å². The van der Waals surface area contributed by atoms with Gasteiger partial charge in [0.15, 0.2) is 0 Å². The third kappa shape index (κ3) is 4.29. The van der Waals surface area contributed by atoms with Crippen molar-refractivity contribution < 1.29 is 14.7 Å². The molecule has 1 atom stereocenters. The zero-order chi connectivity index (χ0) is 16.9. The van der Waals surface area contributed by atoms with Gasteiger partial charge in [0, 0.05) is 18.6 Å². The first-order valence-electron chi connectivity index (χ1n) is 9.91. The van der Waals surface area contributed by atoms with Crippen molar-refractivity contribution in [1.29, 1.82) is 0 Å². The van der Waals surface area contributed by atoms with Crippen LogP contribution in [0.4, 0.5) is 0 Å². The lowest BCUT2D eigenvalue weighted by Crippen LogP contribution is -2.51. The van der Waals surface area contributed by atoms with Gasteiger partial charge in [0.2, 0.25) is 5.91 Å². The first-order chi connectivity index (χ1) is 11.6. The maximum atomic E-state index is 13.1. The van der Waals surface area contributed by atoms with Crippen LogP contribution in [0.5, 0.6) is 0 Å². The van der Waals surface area contributed by atoms with E-state index in [2.05, 4.69) is 9.80 Å². The molecule has 24 heavy (non-hydrogen) atoms. The molecule has 1 unspecified atom stereocenters. The zero-order valence-corrected chi connectivity index (χ0v) is 14.8. The fourth-order valence-corrected chi connectivity index (χ4v) is 4.87. The predicted molar refractivity (Wildman–Crippen MR) is 92.8 cm³/mol. The molecular weight excluding hydrogens is 304 g/mol. The van der Waals surface area contributed by atoms with Gasteiger partial charge in [0.25, 0.3) is 0 Å². The summed E-state index contributed by atoms with van der Waals surface area (Å²) in [6, 6.07) is 0.847. The molecule has 0 aromatic heterocycles. The van der Waals surface area contributed by atoms with Gasteiger partial charge < -0.3 is 10.0 Å². The van der Waals surface area contributed by atoms with E-state index < -0.39 is 5.97 Å². The quantitative estimate of drug-likeness (QED) is 0.838. The van der Waals surface area contributed by atoms with Crippen molar-refractivity contribution in [2.75, 3.05) is 19.6 Å². The Bertz CT molecular complexity index is 424. The highest BCUT2D eigenvalue weighted by molar-refractivity contribution is 5.79. The van der Waals surface area contributed by atoms with Crippen molar-refractivity contribution in [3.8, 4) is 0 Å². The Labute approximate surface area is 145 Å². The van der Waals surface area contributed by atoms with Crippen LogP contribution in [0.1, 0.15) is 70.6 Å². The number of likely N-dealkylation sites (tertiary alicyclic amines) is 1. The summed E-state index contributed by atoms with van der Waals surface area (Å²) in [5, 5.41) is 9.16. The van der Waals surface area contributed by atoms with E-state index in [-0.39, 0.29) is 11.8 Å². The van der Waals surface area contributed by atoms with E-state index in [1.165, 1.54) is 38.5 Å². The number of carboxylic acids is 1. The van der Waals surface area contributed by atoms with Crippen LogP contribution in [0, 0.1) is 5.92 Å². The first-order valence-corrected chi connectivity index (χ1v) is 9.91. The third-order valence-electron chi connectivity index (χ3n) is 6.20. The smallest absolute Gasteiger partial charge is 0.307 e. The van der Waals surface area contributed by atoms with Crippen LogP contribution < -0.4 is 0 Å². The van der Waals surface area contributed by atoms with Crippen molar-refractivity contribution in [3.05, 3.63) is 0 Å². The Balaban J connectivity index is 1.63. The van der Waals surface area contributed by atoms with Crippen molar-refractivity contribution in [2.24, 2.45) is 5.92 Å². The van der Waals surface area contributed by atoms with Gasteiger partial charge in [-0.3, -0.25) is 14.5 Å². The van der Waals surface area contributed by atoms with Crippen LogP contribution in [0.2, 0.25) is 0 Å². The van der Waals surface area contributed by atoms with Crippen LogP contribution in [0.15, 0.2) is 0 Å². The summed E-state index contributed by atoms with van der Waals surface area (Å²) in [6.07, 6.45) is 12.9. The molecule has 2 saturated carbocycles. The molecule has 136 valence electrons. The highest BCUT2D eigenvalue weighted by Gasteiger charge is 2.35. The van der Waals surface area contributed by atoms with E-state index in [0.717, 1.165) is 32.2 Å². The maximum absolute atomic E-state index is 13.1. The number of hydrogen-bond donors (Lipinski definition) is 1. The maximum Gasteiger partial charge on any atom is 0.307 e. The summed E-state index contributed by atoms with van der Waals surface area (Å²) < 4.78 is 0. The lowest BCUT2D eigenvalue weighted by atomic mass is 9.88. The third-order valence-corrected chi connectivity index (χ3v) is 6.20. The summed E-state index contributed by atoms with van der Waals surface area (Å²) in [4.78, 5) is 28.5. The monoisotopic (exact) mass is 336 g/mol. The van der Waals surface area contributed by atoms with Crippen LogP contribution in [0.25, 0.3) is 0 Å². The van der Waals surface area contributed by atoms with Gasteiger partial charge in [0.1, 0.15) is 0 Å². The van der Waals surface area contributed by atoms with E-state index in [1.54, 1.807) is 0 Å².